The molecular weight excluding hydrogens is 413 g/mol. The van der Waals surface area contributed by atoms with E-state index in [1.54, 1.807) is 16.7 Å². The minimum absolute atomic E-state index is 0.348. The van der Waals surface area contributed by atoms with Crippen molar-refractivity contribution in [2.75, 3.05) is 0 Å². The topological polar surface area (TPSA) is 57.4 Å². The molecule has 0 radical (unpaired) electrons. The molecule has 1 N–H and O–H groups in total. The quantitative estimate of drug-likeness (QED) is 0.366. The highest BCUT2D eigenvalue weighted by molar-refractivity contribution is 5.91. The van der Waals surface area contributed by atoms with Gasteiger partial charge in [0.05, 0.1) is 22.2 Å². The Bertz CT molecular complexity index is 1370. The molecule has 2 aromatic carbocycles. The van der Waals surface area contributed by atoms with E-state index >= 15 is 0 Å². The molecule has 162 valence electrons. The van der Waals surface area contributed by atoms with Gasteiger partial charge < -0.3 is 9.55 Å². The molecule has 0 spiro atoms. The van der Waals surface area contributed by atoms with Gasteiger partial charge in [-0.05, 0) is 86.9 Å². The zero-order chi connectivity index (χ0) is 23.2. The predicted molar refractivity (Wildman–Crippen MR) is 119 cm³/mol. The smallest absolute Gasteiger partial charge is 0.337 e. The number of fused-ring (bicyclic) bond motifs is 1. The van der Waals surface area contributed by atoms with E-state index in [2.05, 4.69) is 16.0 Å². The molecule has 0 unspecified atom stereocenters. The summed E-state index contributed by atoms with van der Waals surface area (Å²) in [5.41, 5.74) is 6.16. The van der Waals surface area contributed by atoms with Gasteiger partial charge in [0, 0.05) is 17.1 Å². The van der Waals surface area contributed by atoms with Crippen molar-refractivity contribution in [3.8, 4) is 11.8 Å². The molecule has 32 heavy (non-hydrogen) atoms. The number of allylic oxidation sites excluding steroid dienone is 1. The summed E-state index contributed by atoms with van der Waals surface area (Å²) in [5.74, 6) is 0.455. The van der Waals surface area contributed by atoms with Crippen LogP contribution in [0.25, 0.3) is 28.4 Å². The largest absolute Gasteiger partial charge is 0.416 e. The van der Waals surface area contributed by atoms with E-state index in [0.29, 0.717) is 17.1 Å². The van der Waals surface area contributed by atoms with Crippen LogP contribution in [0.2, 0.25) is 0 Å². The summed E-state index contributed by atoms with van der Waals surface area (Å²) in [6.45, 7) is 7.66. The standard InChI is InChI=1S/C25H21F3N4/c1-14-8-22-23(9-15(14)2)31-24(30-22)19(13-29)11-18-10-16(3)32(17(18)4)21-7-5-6-20(12-21)25(26,27)28/h5-12H,1-4H3,(H,30,31)/b19-11-. The van der Waals surface area contributed by atoms with Gasteiger partial charge in [0.25, 0.3) is 0 Å². The third-order valence-electron chi connectivity index (χ3n) is 5.67. The van der Waals surface area contributed by atoms with Crippen LogP contribution in [0.4, 0.5) is 13.2 Å². The van der Waals surface area contributed by atoms with Crippen LogP contribution in [0.1, 0.15) is 39.5 Å². The minimum atomic E-state index is -4.42. The Morgan fingerprint density at radius 1 is 1.06 bits per heavy atom. The average Bonchev–Trinajstić information content (AvgIpc) is 3.25. The second-order valence-electron chi connectivity index (χ2n) is 7.92. The van der Waals surface area contributed by atoms with Gasteiger partial charge in [0.2, 0.25) is 0 Å². The van der Waals surface area contributed by atoms with Gasteiger partial charge in [-0.25, -0.2) is 4.98 Å². The number of nitrogens with one attached hydrogen (secondary N) is 1. The summed E-state index contributed by atoms with van der Waals surface area (Å²) in [7, 11) is 0. The number of benzene rings is 2. The van der Waals surface area contributed by atoms with Gasteiger partial charge in [-0.3, -0.25) is 0 Å². The molecule has 4 aromatic rings. The zero-order valence-electron chi connectivity index (χ0n) is 18.1. The lowest BCUT2D eigenvalue weighted by Crippen LogP contribution is -2.07. The van der Waals surface area contributed by atoms with Crippen LogP contribution in [0, 0.1) is 39.0 Å². The van der Waals surface area contributed by atoms with E-state index < -0.39 is 11.7 Å². The maximum absolute atomic E-state index is 13.2. The Balaban J connectivity index is 1.79. The van der Waals surface area contributed by atoms with E-state index in [1.807, 2.05) is 45.9 Å². The fourth-order valence-electron chi connectivity index (χ4n) is 3.86. The Morgan fingerprint density at radius 2 is 1.78 bits per heavy atom. The number of hydrogen-bond acceptors (Lipinski definition) is 2. The van der Waals surface area contributed by atoms with Gasteiger partial charge in [-0.1, -0.05) is 6.07 Å². The molecule has 0 aliphatic rings. The zero-order valence-corrected chi connectivity index (χ0v) is 18.1. The van der Waals surface area contributed by atoms with Gasteiger partial charge >= 0.3 is 6.18 Å². The Hall–Kier alpha value is -3.79. The number of alkyl halides is 3. The van der Waals surface area contributed by atoms with Crippen molar-refractivity contribution < 1.29 is 13.2 Å². The summed E-state index contributed by atoms with van der Waals surface area (Å²) in [6.07, 6.45) is -2.70. The molecule has 2 aromatic heterocycles. The van der Waals surface area contributed by atoms with Crippen LogP contribution >= 0.6 is 0 Å². The molecule has 0 saturated carbocycles. The lowest BCUT2D eigenvalue weighted by atomic mass is 10.1. The normalized spacial score (nSPS) is 12.4. The third-order valence-corrected chi connectivity index (χ3v) is 5.67. The van der Waals surface area contributed by atoms with Gasteiger partial charge in [0.15, 0.2) is 0 Å². The van der Waals surface area contributed by atoms with E-state index in [0.717, 1.165) is 51.2 Å². The highest BCUT2D eigenvalue weighted by Gasteiger charge is 2.30. The van der Waals surface area contributed by atoms with Crippen molar-refractivity contribution in [3.05, 3.63) is 81.9 Å². The molecule has 0 atom stereocenters. The summed E-state index contributed by atoms with van der Waals surface area (Å²) < 4.78 is 41.3. The number of aromatic nitrogens is 3. The summed E-state index contributed by atoms with van der Waals surface area (Å²) in [4.78, 5) is 7.76. The molecule has 0 aliphatic carbocycles. The van der Waals surface area contributed by atoms with E-state index in [-0.39, 0.29) is 0 Å². The number of nitrogens with zero attached hydrogens (tertiary/aromatic N) is 3. The number of aromatic amines is 1. The van der Waals surface area contributed by atoms with Gasteiger partial charge in [-0.15, -0.1) is 0 Å². The summed E-state index contributed by atoms with van der Waals surface area (Å²) in [6, 6.07) is 13.2. The molecule has 2 heterocycles. The van der Waals surface area contributed by atoms with Crippen LogP contribution in [-0.2, 0) is 6.18 Å². The Kier molecular flexibility index (Phi) is 5.17. The molecule has 0 fully saturated rings. The highest BCUT2D eigenvalue weighted by atomic mass is 19.4. The fraction of sp³-hybridized carbons (Fsp3) is 0.200. The SMILES string of the molecule is Cc1cc2nc(/C(C#N)=C\c3cc(C)n(-c4cccc(C(F)(F)F)c4)c3C)[nH]c2cc1C. The second kappa shape index (κ2) is 7.72. The number of nitriles is 1. The molecule has 7 heteroatoms. The van der Waals surface area contributed by atoms with Gasteiger partial charge in [0.1, 0.15) is 11.9 Å². The third kappa shape index (κ3) is 3.80. The predicted octanol–water partition coefficient (Wildman–Crippen LogP) is 6.67. The van der Waals surface area contributed by atoms with Crippen molar-refractivity contribution in [2.24, 2.45) is 0 Å². The first-order valence-electron chi connectivity index (χ1n) is 10.0. The fourth-order valence-corrected chi connectivity index (χ4v) is 3.86. The monoisotopic (exact) mass is 434 g/mol. The number of imidazole rings is 1. The number of H-pyrrole nitrogens is 1. The van der Waals surface area contributed by atoms with Gasteiger partial charge in [-0.2, -0.15) is 18.4 Å². The Morgan fingerprint density at radius 3 is 2.47 bits per heavy atom. The molecule has 0 saturated heterocycles. The van der Waals surface area contributed by atoms with E-state index in [4.69, 9.17) is 0 Å². The van der Waals surface area contributed by atoms with Crippen LogP contribution in [0.3, 0.4) is 0 Å². The molecule has 0 amide bonds. The molecular formula is C25H21F3N4. The number of rotatable bonds is 3. The van der Waals surface area contributed by atoms with Crippen molar-refractivity contribution in [3.63, 3.8) is 0 Å². The minimum Gasteiger partial charge on any atom is -0.337 e. The second-order valence-corrected chi connectivity index (χ2v) is 7.92. The van der Waals surface area contributed by atoms with Crippen LogP contribution in [-0.4, -0.2) is 14.5 Å². The maximum atomic E-state index is 13.2. The van der Waals surface area contributed by atoms with Crippen molar-refractivity contribution in [2.45, 2.75) is 33.9 Å². The van der Waals surface area contributed by atoms with E-state index in [1.165, 1.54) is 6.07 Å². The summed E-state index contributed by atoms with van der Waals surface area (Å²) in [5, 5.41) is 9.77. The molecule has 4 nitrogen and oxygen atoms in total. The highest BCUT2D eigenvalue weighted by Crippen LogP contribution is 2.32. The van der Waals surface area contributed by atoms with Crippen molar-refractivity contribution in [1.82, 2.24) is 14.5 Å². The lowest BCUT2D eigenvalue weighted by Gasteiger charge is -2.13. The first kappa shape index (κ1) is 21.4. The first-order chi connectivity index (χ1) is 15.1. The first-order valence-corrected chi connectivity index (χ1v) is 10.0. The number of aryl methyl sites for hydroxylation is 3. The van der Waals surface area contributed by atoms with E-state index in [9.17, 15) is 18.4 Å². The van der Waals surface area contributed by atoms with Crippen LogP contribution < -0.4 is 0 Å². The maximum Gasteiger partial charge on any atom is 0.416 e. The molecule has 0 bridgehead atoms. The average molecular weight is 434 g/mol. The van der Waals surface area contributed by atoms with Crippen LogP contribution in [0.5, 0.6) is 0 Å². The molecule has 0 aliphatic heterocycles. The summed E-state index contributed by atoms with van der Waals surface area (Å²) >= 11 is 0. The number of halogens is 3. The Labute approximate surface area is 183 Å². The molecule has 4 rings (SSSR count). The van der Waals surface area contributed by atoms with Crippen molar-refractivity contribution >= 4 is 22.7 Å². The lowest BCUT2D eigenvalue weighted by molar-refractivity contribution is -0.137. The number of hydrogen-bond donors (Lipinski definition) is 1. The van der Waals surface area contributed by atoms with Crippen LogP contribution in [0.15, 0.2) is 42.5 Å². The van der Waals surface area contributed by atoms with Crippen molar-refractivity contribution in [1.29, 1.82) is 5.26 Å².